The summed E-state index contributed by atoms with van der Waals surface area (Å²) in [6.07, 6.45) is -3.39. The van der Waals surface area contributed by atoms with Gasteiger partial charge in [-0.2, -0.15) is 18.2 Å². The minimum atomic E-state index is -4.33. The molecule has 3 N–H and O–H groups in total. The largest absolute Gasteiger partial charge is 0.411 e. The molecule has 0 aliphatic carbocycles. The van der Waals surface area contributed by atoms with Crippen LogP contribution in [0.1, 0.15) is 19.2 Å². The molecule has 114 valence electrons. The SMILES string of the molecule is CC1CCN(c2n[nH]c(COCC(F)(F)F)n2)CC1N. The van der Waals surface area contributed by atoms with Crippen molar-refractivity contribution in [3.8, 4) is 0 Å². The summed E-state index contributed by atoms with van der Waals surface area (Å²) in [6, 6.07) is 0.0483. The minimum absolute atomic E-state index is 0.0483. The number of nitrogens with two attached hydrogens (primary N) is 1. The molecule has 2 rings (SSSR count). The number of alkyl halides is 3. The molecule has 1 aliphatic heterocycles. The van der Waals surface area contributed by atoms with Gasteiger partial charge >= 0.3 is 6.18 Å². The zero-order valence-electron chi connectivity index (χ0n) is 11.2. The molecule has 6 nitrogen and oxygen atoms in total. The molecule has 0 spiro atoms. The highest BCUT2D eigenvalue weighted by molar-refractivity contribution is 5.30. The highest BCUT2D eigenvalue weighted by Crippen LogP contribution is 2.20. The number of anilines is 1. The van der Waals surface area contributed by atoms with Gasteiger partial charge < -0.3 is 15.4 Å². The average Bonchev–Trinajstić information content (AvgIpc) is 2.80. The van der Waals surface area contributed by atoms with Gasteiger partial charge in [-0.3, -0.25) is 5.10 Å². The van der Waals surface area contributed by atoms with E-state index >= 15 is 0 Å². The summed E-state index contributed by atoms with van der Waals surface area (Å²) < 4.78 is 40.3. The van der Waals surface area contributed by atoms with E-state index in [2.05, 4.69) is 26.8 Å². The molecule has 9 heteroatoms. The molecule has 1 aromatic rings. The second kappa shape index (κ2) is 5.96. The van der Waals surface area contributed by atoms with Gasteiger partial charge in [0.2, 0.25) is 5.95 Å². The molecule has 20 heavy (non-hydrogen) atoms. The molecule has 2 atom stereocenters. The van der Waals surface area contributed by atoms with E-state index in [0.717, 1.165) is 13.0 Å². The highest BCUT2D eigenvalue weighted by Gasteiger charge is 2.28. The summed E-state index contributed by atoms with van der Waals surface area (Å²) in [5, 5.41) is 6.57. The molecule has 0 saturated carbocycles. The van der Waals surface area contributed by atoms with Crippen LogP contribution in [-0.4, -0.2) is 47.1 Å². The molecule has 1 aliphatic rings. The lowest BCUT2D eigenvalue weighted by Crippen LogP contribution is -2.48. The topological polar surface area (TPSA) is 80.1 Å². The Kier molecular flexibility index (Phi) is 4.48. The van der Waals surface area contributed by atoms with Crippen LogP contribution in [-0.2, 0) is 11.3 Å². The van der Waals surface area contributed by atoms with Gasteiger partial charge in [-0.05, 0) is 12.3 Å². The molecule has 2 heterocycles. The van der Waals surface area contributed by atoms with Crippen LogP contribution in [0.25, 0.3) is 0 Å². The van der Waals surface area contributed by atoms with Crippen LogP contribution in [0, 0.1) is 5.92 Å². The molecule has 1 fully saturated rings. The van der Waals surface area contributed by atoms with Crippen LogP contribution in [0.4, 0.5) is 19.1 Å². The predicted octanol–water partition coefficient (Wildman–Crippen LogP) is 1.06. The average molecular weight is 293 g/mol. The van der Waals surface area contributed by atoms with Crippen molar-refractivity contribution in [2.24, 2.45) is 11.7 Å². The number of hydrogen-bond acceptors (Lipinski definition) is 5. The summed E-state index contributed by atoms with van der Waals surface area (Å²) in [5.74, 6) is 1.18. The Morgan fingerprint density at radius 1 is 1.50 bits per heavy atom. The zero-order valence-corrected chi connectivity index (χ0v) is 11.2. The van der Waals surface area contributed by atoms with Crippen molar-refractivity contribution in [3.05, 3.63) is 5.82 Å². The highest BCUT2D eigenvalue weighted by atomic mass is 19.4. The van der Waals surface area contributed by atoms with E-state index in [4.69, 9.17) is 5.73 Å². The Balaban J connectivity index is 1.86. The Morgan fingerprint density at radius 3 is 2.90 bits per heavy atom. The first-order valence-electron chi connectivity index (χ1n) is 6.41. The van der Waals surface area contributed by atoms with E-state index in [1.165, 1.54) is 0 Å². The molecule has 1 aromatic heterocycles. The molecule has 1 saturated heterocycles. The zero-order chi connectivity index (χ0) is 14.8. The number of piperidine rings is 1. The van der Waals surface area contributed by atoms with Gasteiger partial charge in [-0.15, -0.1) is 5.10 Å². The van der Waals surface area contributed by atoms with Gasteiger partial charge in [0.05, 0.1) is 0 Å². The third kappa shape index (κ3) is 4.07. The number of aromatic nitrogens is 3. The van der Waals surface area contributed by atoms with Crippen LogP contribution in [0.3, 0.4) is 0 Å². The lowest BCUT2D eigenvalue weighted by molar-refractivity contribution is -0.177. The van der Waals surface area contributed by atoms with E-state index in [1.54, 1.807) is 0 Å². The van der Waals surface area contributed by atoms with Crippen molar-refractivity contribution >= 4 is 5.95 Å². The number of nitrogens with zero attached hydrogens (tertiary/aromatic N) is 3. The second-order valence-electron chi connectivity index (χ2n) is 5.07. The third-order valence-corrected chi connectivity index (χ3v) is 3.32. The lowest BCUT2D eigenvalue weighted by Gasteiger charge is -2.34. The Morgan fingerprint density at radius 2 is 2.25 bits per heavy atom. The van der Waals surface area contributed by atoms with E-state index in [0.29, 0.717) is 18.4 Å². The fourth-order valence-electron chi connectivity index (χ4n) is 2.04. The van der Waals surface area contributed by atoms with E-state index < -0.39 is 12.8 Å². The number of H-pyrrole nitrogens is 1. The van der Waals surface area contributed by atoms with Crippen LogP contribution in [0.5, 0.6) is 0 Å². The van der Waals surface area contributed by atoms with Crippen LogP contribution in [0.2, 0.25) is 0 Å². The molecule has 0 bridgehead atoms. The van der Waals surface area contributed by atoms with Crippen LogP contribution >= 0.6 is 0 Å². The monoisotopic (exact) mass is 293 g/mol. The standard InChI is InChI=1S/C11H18F3N5O/c1-7-2-3-19(4-8(7)15)10-16-9(17-18-10)5-20-6-11(12,13)14/h7-8H,2-6,15H2,1H3,(H,16,17,18). The summed E-state index contributed by atoms with van der Waals surface area (Å²) >= 11 is 0. The molecule has 2 unspecified atom stereocenters. The normalized spacial score (nSPS) is 24.1. The third-order valence-electron chi connectivity index (χ3n) is 3.32. The van der Waals surface area contributed by atoms with Crippen molar-refractivity contribution in [1.82, 2.24) is 15.2 Å². The minimum Gasteiger partial charge on any atom is -0.364 e. The Hall–Kier alpha value is -1.35. The van der Waals surface area contributed by atoms with Gasteiger partial charge in [0, 0.05) is 19.1 Å². The van der Waals surface area contributed by atoms with Crippen LogP contribution < -0.4 is 10.6 Å². The van der Waals surface area contributed by atoms with Crippen molar-refractivity contribution in [3.63, 3.8) is 0 Å². The molecular formula is C11H18F3N5O. The lowest BCUT2D eigenvalue weighted by atomic mass is 9.95. The van der Waals surface area contributed by atoms with E-state index in [-0.39, 0.29) is 18.5 Å². The number of ether oxygens (including phenoxy) is 1. The maximum atomic E-state index is 11.9. The van der Waals surface area contributed by atoms with Crippen molar-refractivity contribution in [2.45, 2.75) is 32.2 Å². The maximum absolute atomic E-state index is 11.9. The number of rotatable bonds is 4. The summed E-state index contributed by atoms with van der Waals surface area (Å²) in [7, 11) is 0. The van der Waals surface area contributed by atoms with Gasteiger partial charge in [0.1, 0.15) is 13.2 Å². The number of halogens is 3. The van der Waals surface area contributed by atoms with Gasteiger partial charge in [-0.1, -0.05) is 6.92 Å². The number of hydrogen-bond donors (Lipinski definition) is 2. The van der Waals surface area contributed by atoms with Crippen LogP contribution in [0.15, 0.2) is 0 Å². The molecule has 0 amide bonds. The quantitative estimate of drug-likeness (QED) is 0.867. The summed E-state index contributed by atoms with van der Waals surface area (Å²) in [5.41, 5.74) is 5.98. The van der Waals surface area contributed by atoms with Crippen molar-refractivity contribution < 1.29 is 17.9 Å². The first kappa shape index (κ1) is 15.0. The van der Waals surface area contributed by atoms with E-state index in [9.17, 15) is 13.2 Å². The number of nitrogens with one attached hydrogen (secondary N) is 1. The van der Waals surface area contributed by atoms with Crippen molar-refractivity contribution in [1.29, 1.82) is 0 Å². The summed E-state index contributed by atoms with van der Waals surface area (Å²) in [4.78, 5) is 6.05. The molecular weight excluding hydrogens is 275 g/mol. The Labute approximate surface area is 114 Å². The first-order chi connectivity index (χ1) is 9.35. The van der Waals surface area contributed by atoms with Gasteiger partial charge in [-0.25, -0.2) is 0 Å². The summed E-state index contributed by atoms with van der Waals surface area (Å²) in [6.45, 7) is 1.98. The Bertz CT molecular complexity index is 436. The fraction of sp³-hybridized carbons (Fsp3) is 0.818. The van der Waals surface area contributed by atoms with E-state index in [1.807, 2.05) is 4.90 Å². The fourth-order valence-corrected chi connectivity index (χ4v) is 2.04. The maximum Gasteiger partial charge on any atom is 0.411 e. The van der Waals surface area contributed by atoms with Crippen molar-refractivity contribution in [2.75, 3.05) is 24.6 Å². The second-order valence-corrected chi connectivity index (χ2v) is 5.07. The molecule has 0 radical (unpaired) electrons. The number of aromatic amines is 1. The smallest absolute Gasteiger partial charge is 0.364 e. The van der Waals surface area contributed by atoms with Gasteiger partial charge in [0.15, 0.2) is 5.82 Å². The first-order valence-corrected chi connectivity index (χ1v) is 6.41. The molecule has 0 aromatic carbocycles. The predicted molar refractivity (Wildman–Crippen MR) is 66.1 cm³/mol. The van der Waals surface area contributed by atoms with Gasteiger partial charge in [0.25, 0.3) is 0 Å².